The van der Waals surface area contributed by atoms with Gasteiger partial charge in [-0.15, -0.1) is 0 Å². The summed E-state index contributed by atoms with van der Waals surface area (Å²) in [4.78, 5) is 2.34. The number of nitrogens with zero attached hydrogens (tertiary/aromatic N) is 2. The molecule has 0 radical (unpaired) electrons. The number of oxime groups is 1. The normalized spacial score (nSPS) is 24.6. The molecule has 104 valence electrons. The van der Waals surface area contributed by atoms with Gasteiger partial charge in [0.25, 0.3) is 0 Å². The molecule has 0 aliphatic carbocycles. The third-order valence-corrected chi connectivity index (χ3v) is 4.35. The average molecular weight is 282 g/mol. The highest BCUT2D eigenvalue weighted by Crippen LogP contribution is 2.29. The quantitative estimate of drug-likeness (QED) is 0.379. The maximum Gasteiger partial charge on any atom is 0.171 e. The van der Waals surface area contributed by atoms with Gasteiger partial charge in [-0.2, -0.15) is 0 Å². The summed E-state index contributed by atoms with van der Waals surface area (Å²) in [6.07, 6.45) is 1.20. The van der Waals surface area contributed by atoms with Gasteiger partial charge < -0.3 is 15.8 Å². The van der Waals surface area contributed by atoms with Crippen molar-refractivity contribution in [1.29, 1.82) is 0 Å². The zero-order valence-electron chi connectivity index (χ0n) is 11.3. The SMILES string of the molecule is CC1CCN(c2ccc(/C(N)=N/O)c(Cl)c2)CC1C. The first kappa shape index (κ1) is 14.0. The van der Waals surface area contributed by atoms with Crippen LogP contribution in [-0.2, 0) is 0 Å². The molecule has 1 aromatic carbocycles. The van der Waals surface area contributed by atoms with Crippen LogP contribution in [0.5, 0.6) is 0 Å². The number of benzene rings is 1. The third-order valence-electron chi connectivity index (χ3n) is 4.04. The number of rotatable bonds is 2. The van der Waals surface area contributed by atoms with Crippen LogP contribution in [0.15, 0.2) is 23.4 Å². The Morgan fingerprint density at radius 2 is 2.16 bits per heavy atom. The minimum absolute atomic E-state index is 0.0391. The van der Waals surface area contributed by atoms with Gasteiger partial charge in [-0.3, -0.25) is 0 Å². The Hall–Kier alpha value is -1.42. The third kappa shape index (κ3) is 2.95. The maximum absolute atomic E-state index is 8.69. The van der Waals surface area contributed by atoms with Gasteiger partial charge in [0, 0.05) is 24.3 Å². The second-order valence-electron chi connectivity index (χ2n) is 5.34. The number of hydrogen-bond donors (Lipinski definition) is 2. The van der Waals surface area contributed by atoms with Gasteiger partial charge in [0.15, 0.2) is 5.84 Å². The van der Waals surface area contributed by atoms with Crippen molar-refractivity contribution in [1.82, 2.24) is 0 Å². The van der Waals surface area contributed by atoms with Crippen LogP contribution < -0.4 is 10.6 Å². The largest absolute Gasteiger partial charge is 0.409 e. The first-order valence-electron chi connectivity index (χ1n) is 6.55. The number of halogens is 1. The van der Waals surface area contributed by atoms with E-state index in [9.17, 15) is 0 Å². The van der Waals surface area contributed by atoms with E-state index >= 15 is 0 Å². The Bertz CT molecular complexity index is 490. The molecule has 3 N–H and O–H groups in total. The molecule has 1 saturated heterocycles. The molecule has 19 heavy (non-hydrogen) atoms. The molecule has 1 aromatic rings. The number of nitrogens with two attached hydrogens (primary N) is 1. The van der Waals surface area contributed by atoms with Gasteiger partial charge >= 0.3 is 0 Å². The van der Waals surface area contributed by atoms with Crippen LogP contribution in [0.1, 0.15) is 25.8 Å². The average Bonchev–Trinajstić information content (AvgIpc) is 2.41. The number of hydrogen-bond acceptors (Lipinski definition) is 3. The minimum Gasteiger partial charge on any atom is -0.409 e. The van der Waals surface area contributed by atoms with Crippen LogP contribution in [0.4, 0.5) is 5.69 Å². The molecule has 1 aliphatic heterocycles. The van der Waals surface area contributed by atoms with E-state index in [1.54, 1.807) is 6.07 Å². The Morgan fingerprint density at radius 3 is 2.74 bits per heavy atom. The number of piperidine rings is 1. The summed E-state index contributed by atoms with van der Waals surface area (Å²) in [5.74, 6) is 1.48. The van der Waals surface area contributed by atoms with Gasteiger partial charge in [-0.05, 0) is 36.5 Å². The highest BCUT2D eigenvalue weighted by atomic mass is 35.5. The first-order chi connectivity index (χ1) is 9.02. The first-order valence-corrected chi connectivity index (χ1v) is 6.93. The maximum atomic E-state index is 8.69. The van der Waals surface area contributed by atoms with Crippen molar-refractivity contribution < 1.29 is 5.21 Å². The zero-order valence-corrected chi connectivity index (χ0v) is 12.1. The van der Waals surface area contributed by atoms with E-state index in [0.717, 1.165) is 24.7 Å². The van der Waals surface area contributed by atoms with Crippen LogP contribution in [-0.4, -0.2) is 24.1 Å². The molecule has 0 amide bonds. The molecule has 1 fully saturated rings. The second-order valence-corrected chi connectivity index (χ2v) is 5.75. The van der Waals surface area contributed by atoms with Gasteiger partial charge in [-0.25, -0.2) is 0 Å². The molecular formula is C14H20ClN3O. The molecular weight excluding hydrogens is 262 g/mol. The predicted octanol–water partition coefficient (Wildman–Crippen LogP) is 2.92. The van der Waals surface area contributed by atoms with Crippen molar-refractivity contribution >= 4 is 23.1 Å². The number of anilines is 1. The van der Waals surface area contributed by atoms with Crippen LogP contribution >= 0.6 is 11.6 Å². The van der Waals surface area contributed by atoms with E-state index < -0.39 is 0 Å². The van der Waals surface area contributed by atoms with E-state index in [2.05, 4.69) is 23.9 Å². The second kappa shape index (κ2) is 5.70. The van der Waals surface area contributed by atoms with Crippen molar-refractivity contribution in [2.75, 3.05) is 18.0 Å². The lowest BCUT2D eigenvalue weighted by Crippen LogP contribution is -2.38. The van der Waals surface area contributed by atoms with E-state index in [0.29, 0.717) is 16.5 Å². The molecule has 0 bridgehead atoms. The van der Waals surface area contributed by atoms with E-state index in [1.165, 1.54) is 6.42 Å². The Labute approximate surface area is 118 Å². The van der Waals surface area contributed by atoms with Crippen LogP contribution in [0, 0.1) is 11.8 Å². The monoisotopic (exact) mass is 281 g/mol. The summed E-state index contributed by atoms with van der Waals surface area (Å²) in [6, 6.07) is 5.66. The minimum atomic E-state index is 0.0391. The van der Waals surface area contributed by atoms with Crippen molar-refractivity contribution in [3.8, 4) is 0 Å². The van der Waals surface area contributed by atoms with E-state index in [1.807, 2.05) is 12.1 Å². The molecule has 4 nitrogen and oxygen atoms in total. The predicted molar refractivity (Wildman–Crippen MR) is 79.1 cm³/mol. The van der Waals surface area contributed by atoms with Crippen molar-refractivity contribution in [2.45, 2.75) is 20.3 Å². The van der Waals surface area contributed by atoms with Crippen molar-refractivity contribution in [3.05, 3.63) is 28.8 Å². The van der Waals surface area contributed by atoms with Gasteiger partial charge in [0.1, 0.15) is 0 Å². The Balaban J connectivity index is 2.21. The highest BCUT2D eigenvalue weighted by molar-refractivity contribution is 6.34. The molecule has 0 saturated carbocycles. The summed E-state index contributed by atoms with van der Waals surface area (Å²) in [6.45, 7) is 6.67. The summed E-state index contributed by atoms with van der Waals surface area (Å²) < 4.78 is 0. The fourth-order valence-electron chi connectivity index (χ4n) is 2.46. The standard InChI is InChI=1S/C14H20ClN3O/c1-9-5-6-18(8-10(9)2)11-3-4-12(13(15)7-11)14(16)17-19/h3-4,7,9-10,19H,5-6,8H2,1-2H3,(H2,16,17). The smallest absolute Gasteiger partial charge is 0.171 e. The van der Waals surface area contributed by atoms with Crippen molar-refractivity contribution in [3.63, 3.8) is 0 Å². The van der Waals surface area contributed by atoms with Gasteiger partial charge in [0.2, 0.25) is 0 Å². The van der Waals surface area contributed by atoms with Crippen LogP contribution in [0.25, 0.3) is 0 Å². The lowest BCUT2D eigenvalue weighted by Gasteiger charge is -2.37. The highest BCUT2D eigenvalue weighted by Gasteiger charge is 2.23. The molecule has 1 aliphatic rings. The molecule has 1 heterocycles. The fourth-order valence-corrected chi connectivity index (χ4v) is 2.73. The number of amidine groups is 1. The fraction of sp³-hybridized carbons (Fsp3) is 0.500. The summed E-state index contributed by atoms with van der Waals surface area (Å²) in [7, 11) is 0. The van der Waals surface area contributed by atoms with Gasteiger partial charge in [0.05, 0.1) is 5.02 Å². The lowest BCUT2D eigenvalue weighted by molar-refractivity contribution is 0.318. The molecule has 2 atom stereocenters. The zero-order chi connectivity index (χ0) is 14.0. The van der Waals surface area contributed by atoms with Gasteiger partial charge in [-0.1, -0.05) is 30.6 Å². The topological polar surface area (TPSA) is 61.8 Å². The molecule has 0 aromatic heterocycles. The van der Waals surface area contributed by atoms with E-state index in [4.69, 9.17) is 22.5 Å². The van der Waals surface area contributed by atoms with Crippen LogP contribution in [0.3, 0.4) is 0 Å². The van der Waals surface area contributed by atoms with Crippen LogP contribution in [0.2, 0.25) is 5.02 Å². The summed E-state index contributed by atoms with van der Waals surface area (Å²) in [5.41, 5.74) is 7.22. The summed E-state index contributed by atoms with van der Waals surface area (Å²) in [5, 5.41) is 12.2. The summed E-state index contributed by atoms with van der Waals surface area (Å²) >= 11 is 6.19. The molecule has 0 spiro atoms. The Morgan fingerprint density at radius 1 is 1.42 bits per heavy atom. The molecule has 2 unspecified atom stereocenters. The lowest BCUT2D eigenvalue weighted by atomic mass is 9.88. The van der Waals surface area contributed by atoms with E-state index in [-0.39, 0.29) is 5.84 Å². The molecule has 5 heteroatoms. The Kier molecular flexibility index (Phi) is 4.20. The van der Waals surface area contributed by atoms with Crippen molar-refractivity contribution in [2.24, 2.45) is 22.7 Å². The molecule has 2 rings (SSSR count).